The zero-order valence-corrected chi connectivity index (χ0v) is 15.4. The van der Waals surface area contributed by atoms with Crippen LogP contribution in [0, 0.1) is 5.82 Å². The Morgan fingerprint density at radius 3 is 2.56 bits per heavy atom. The number of halogens is 1. The van der Waals surface area contributed by atoms with Gasteiger partial charge in [0.15, 0.2) is 0 Å². The van der Waals surface area contributed by atoms with Crippen LogP contribution in [0.2, 0.25) is 0 Å². The minimum Gasteiger partial charge on any atom is -0.340 e. The van der Waals surface area contributed by atoms with E-state index in [4.69, 9.17) is 0 Å². The summed E-state index contributed by atoms with van der Waals surface area (Å²) in [5, 5.41) is 3.04. The molecule has 2 aromatic carbocycles. The highest BCUT2D eigenvalue weighted by atomic mass is 19.1. The molecule has 0 radical (unpaired) electrons. The van der Waals surface area contributed by atoms with Crippen LogP contribution in [0.1, 0.15) is 29.8 Å². The largest absolute Gasteiger partial charge is 0.340 e. The third-order valence-electron chi connectivity index (χ3n) is 4.18. The molecule has 0 fully saturated rings. The summed E-state index contributed by atoms with van der Waals surface area (Å²) in [5.74, 6) is 0.0921. The number of anilines is 2. The van der Waals surface area contributed by atoms with Gasteiger partial charge in [-0.25, -0.2) is 9.37 Å². The molecule has 0 aliphatic rings. The van der Waals surface area contributed by atoms with Crippen molar-refractivity contribution in [1.82, 2.24) is 9.88 Å². The highest BCUT2D eigenvalue weighted by molar-refractivity contribution is 5.95. The van der Waals surface area contributed by atoms with Gasteiger partial charge in [0.2, 0.25) is 0 Å². The number of carbonyl (C=O) groups excluding carboxylic acids is 1. The molecule has 0 aliphatic carbocycles. The third kappa shape index (κ3) is 4.91. The fourth-order valence-electron chi connectivity index (χ4n) is 2.78. The molecule has 27 heavy (non-hydrogen) atoms. The first-order valence-corrected chi connectivity index (χ1v) is 8.86. The van der Waals surface area contributed by atoms with Gasteiger partial charge in [0.05, 0.1) is 0 Å². The number of amides is 1. The Hall–Kier alpha value is -3.21. The van der Waals surface area contributed by atoms with Crippen molar-refractivity contribution in [2.75, 3.05) is 5.32 Å². The van der Waals surface area contributed by atoms with Crippen molar-refractivity contribution in [2.24, 2.45) is 0 Å². The van der Waals surface area contributed by atoms with Crippen molar-refractivity contribution in [1.29, 1.82) is 0 Å². The van der Waals surface area contributed by atoms with Gasteiger partial charge in [-0.15, -0.1) is 0 Å². The lowest BCUT2D eigenvalue weighted by Crippen LogP contribution is -2.36. The first kappa shape index (κ1) is 18.6. The molecule has 1 heterocycles. The van der Waals surface area contributed by atoms with E-state index in [9.17, 15) is 9.18 Å². The molecule has 0 atom stereocenters. The van der Waals surface area contributed by atoms with Crippen LogP contribution in [-0.2, 0) is 6.54 Å². The maximum Gasteiger partial charge on any atom is 0.254 e. The molecule has 3 rings (SSSR count). The van der Waals surface area contributed by atoms with Crippen LogP contribution < -0.4 is 5.32 Å². The quantitative estimate of drug-likeness (QED) is 0.669. The Kier molecular flexibility index (Phi) is 5.81. The van der Waals surface area contributed by atoms with Gasteiger partial charge in [0, 0.05) is 30.0 Å². The van der Waals surface area contributed by atoms with Gasteiger partial charge in [-0.05, 0) is 49.7 Å². The van der Waals surface area contributed by atoms with E-state index in [0.29, 0.717) is 23.6 Å². The lowest BCUT2D eigenvalue weighted by molar-refractivity contribution is 0.0690. The summed E-state index contributed by atoms with van der Waals surface area (Å²) < 4.78 is 13.4. The van der Waals surface area contributed by atoms with Crippen LogP contribution in [-0.4, -0.2) is 21.8 Å². The summed E-state index contributed by atoms with van der Waals surface area (Å²) >= 11 is 0. The normalized spacial score (nSPS) is 10.7. The van der Waals surface area contributed by atoms with Crippen LogP contribution in [0.25, 0.3) is 0 Å². The smallest absolute Gasteiger partial charge is 0.254 e. The lowest BCUT2D eigenvalue weighted by Gasteiger charge is -2.27. The second kappa shape index (κ2) is 8.45. The van der Waals surface area contributed by atoms with Gasteiger partial charge in [-0.1, -0.05) is 36.4 Å². The summed E-state index contributed by atoms with van der Waals surface area (Å²) in [6, 6.07) is 19.4. The van der Waals surface area contributed by atoms with Crippen molar-refractivity contribution < 1.29 is 9.18 Å². The Bertz CT molecular complexity index is 912. The number of benzene rings is 2. The minimum absolute atomic E-state index is 0.0468. The second-order valence-corrected chi connectivity index (χ2v) is 6.58. The first-order chi connectivity index (χ1) is 13.0. The van der Waals surface area contributed by atoms with E-state index in [0.717, 1.165) is 5.56 Å². The number of rotatable bonds is 6. The van der Waals surface area contributed by atoms with Crippen molar-refractivity contribution in [3.63, 3.8) is 0 Å². The summed E-state index contributed by atoms with van der Waals surface area (Å²) in [6.45, 7) is 4.52. The van der Waals surface area contributed by atoms with Crippen molar-refractivity contribution in [2.45, 2.75) is 26.4 Å². The number of carbonyl (C=O) groups is 1. The van der Waals surface area contributed by atoms with Crippen molar-refractivity contribution in [3.8, 4) is 0 Å². The zero-order valence-electron chi connectivity index (χ0n) is 15.4. The van der Waals surface area contributed by atoms with Crippen LogP contribution in [0.5, 0.6) is 0 Å². The number of nitrogens with zero attached hydrogens (tertiary/aromatic N) is 2. The monoisotopic (exact) mass is 363 g/mol. The predicted octanol–water partition coefficient (Wildman–Crippen LogP) is 5.02. The van der Waals surface area contributed by atoms with E-state index in [1.165, 1.54) is 12.1 Å². The SMILES string of the molecule is CC(C)N(Cc1ccccc1)C(=O)c1ccnc(Nc2cccc(F)c2)c1. The number of aromatic nitrogens is 1. The molecule has 138 valence electrons. The van der Waals surface area contributed by atoms with Gasteiger partial charge < -0.3 is 10.2 Å². The maximum atomic E-state index is 13.4. The molecule has 5 heteroatoms. The fourth-order valence-corrected chi connectivity index (χ4v) is 2.78. The van der Waals surface area contributed by atoms with Gasteiger partial charge in [0.25, 0.3) is 5.91 Å². The highest BCUT2D eigenvalue weighted by Crippen LogP contribution is 2.19. The molecule has 0 aliphatic heterocycles. The van der Waals surface area contributed by atoms with Crippen LogP contribution in [0.15, 0.2) is 72.9 Å². The van der Waals surface area contributed by atoms with E-state index in [1.54, 1.807) is 30.5 Å². The van der Waals surface area contributed by atoms with E-state index < -0.39 is 0 Å². The topological polar surface area (TPSA) is 45.2 Å². The van der Waals surface area contributed by atoms with Gasteiger partial charge in [-0.2, -0.15) is 0 Å². The Labute approximate surface area is 158 Å². The molecule has 1 aromatic heterocycles. The second-order valence-electron chi connectivity index (χ2n) is 6.58. The van der Waals surface area contributed by atoms with Crippen LogP contribution in [0.4, 0.5) is 15.9 Å². The molecule has 0 bridgehead atoms. The molecular weight excluding hydrogens is 341 g/mol. The van der Waals surface area contributed by atoms with Crippen molar-refractivity contribution in [3.05, 3.63) is 89.9 Å². The predicted molar refractivity (Wildman–Crippen MR) is 105 cm³/mol. The summed E-state index contributed by atoms with van der Waals surface area (Å²) in [7, 11) is 0. The summed E-state index contributed by atoms with van der Waals surface area (Å²) in [4.78, 5) is 19.1. The van der Waals surface area contributed by atoms with Gasteiger partial charge >= 0.3 is 0 Å². The Morgan fingerprint density at radius 2 is 1.85 bits per heavy atom. The lowest BCUT2D eigenvalue weighted by atomic mass is 10.1. The molecule has 1 amide bonds. The fraction of sp³-hybridized carbons (Fsp3) is 0.182. The average molecular weight is 363 g/mol. The molecule has 0 saturated carbocycles. The summed E-state index contributed by atoms with van der Waals surface area (Å²) in [5.41, 5.74) is 2.19. The highest BCUT2D eigenvalue weighted by Gasteiger charge is 2.19. The molecule has 1 N–H and O–H groups in total. The van der Waals surface area contributed by atoms with E-state index >= 15 is 0 Å². The number of pyridine rings is 1. The van der Waals surface area contributed by atoms with E-state index in [1.807, 2.05) is 49.1 Å². The summed E-state index contributed by atoms with van der Waals surface area (Å²) in [6.07, 6.45) is 1.58. The number of nitrogens with one attached hydrogen (secondary N) is 1. The average Bonchev–Trinajstić information content (AvgIpc) is 2.66. The maximum absolute atomic E-state index is 13.4. The van der Waals surface area contributed by atoms with Gasteiger partial charge in [0.1, 0.15) is 11.6 Å². The Balaban J connectivity index is 1.80. The number of hydrogen-bond donors (Lipinski definition) is 1. The molecule has 3 aromatic rings. The molecular formula is C22H22FN3O. The standard InChI is InChI=1S/C22H22FN3O/c1-16(2)26(15-17-7-4-3-5-8-17)22(27)18-11-12-24-21(13-18)25-20-10-6-9-19(23)14-20/h3-14,16H,15H2,1-2H3,(H,24,25). The molecule has 0 saturated heterocycles. The molecule has 4 nitrogen and oxygen atoms in total. The molecule has 0 spiro atoms. The Morgan fingerprint density at radius 1 is 1.07 bits per heavy atom. The van der Waals surface area contributed by atoms with Crippen LogP contribution in [0.3, 0.4) is 0 Å². The van der Waals surface area contributed by atoms with Gasteiger partial charge in [-0.3, -0.25) is 4.79 Å². The van der Waals surface area contributed by atoms with Crippen molar-refractivity contribution >= 4 is 17.4 Å². The number of hydrogen-bond acceptors (Lipinski definition) is 3. The third-order valence-corrected chi connectivity index (χ3v) is 4.18. The van der Waals surface area contributed by atoms with Crippen LogP contribution >= 0.6 is 0 Å². The zero-order chi connectivity index (χ0) is 19.2. The van der Waals surface area contributed by atoms with E-state index in [2.05, 4.69) is 10.3 Å². The first-order valence-electron chi connectivity index (χ1n) is 8.86. The minimum atomic E-state index is -0.332. The van der Waals surface area contributed by atoms with E-state index in [-0.39, 0.29) is 17.8 Å². The molecule has 0 unspecified atom stereocenters.